The fourth-order valence-electron chi connectivity index (χ4n) is 3.48. The van der Waals surface area contributed by atoms with Gasteiger partial charge in [-0.25, -0.2) is 0 Å². The highest BCUT2D eigenvalue weighted by atomic mass is 35.5. The molecule has 0 saturated heterocycles. The Balaban J connectivity index is 1.65. The third-order valence-corrected chi connectivity index (χ3v) is 6.26. The molecule has 1 fully saturated rings. The molecule has 0 unspecified atom stereocenters. The zero-order valence-corrected chi connectivity index (χ0v) is 18.5. The monoisotopic (exact) mass is 447 g/mol. The van der Waals surface area contributed by atoms with Crippen LogP contribution in [0.25, 0.3) is 0 Å². The molecule has 2 aromatic rings. The van der Waals surface area contributed by atoms with Crippen molar-refractivity contribution in [2.75, 3.05) is 5.75 Å². The summed E-state index contributed by atoms with van der Waals surface area (Å²) in [6.45, 7) is 6.10. The topological polar surface area (TPSA) is 88.9 Å². The third kappa shape index (κ3) is 5.64. The fourth-order valence-corrected chi connectivity index (χ4v) is 4.47. The molecule has 1 saturated carbocycles. The van der Waals surface area contributed by atoms with Crippen LogP contribution >= 0.6 is 23.4 Å². The summed E-state index contributed by atoms with van der Waals surface area (Å²) in [5.74, 6) is 0.577. The Hall–Kier alpha value is -2.32. The zero-order chi connectivity index (χ0) is 21.5. The molecule has 1 atom stereocenters. The van der Waals surface area contributed by atoms with Crippen LogP contribution in [0.5, 0.6) is 0 Å². The molecule has 160 valence electrons. The normalized spacial score (nSPS) is 15.0. The highest BCUT2D eigenvalue weighted by Gasteiger charge is 2.22. The van der Waals surface area contributed by atoms with Gasteiger partial charge >= 0.3 is 0 Å². The maximum absolute atomic E-state index is 12.6. The Morgan fingerprint density at radius 2 is 2.07 bits per heavy atom. The number of allylic oxidation sites excluding steroid dienone is 1. The lowest BCUT2D eigenvalue weighted by molar-refractivity contribution is -0.119. The van der Waals surface area contributed by atoms with E-state index in [2.05, 4.69) is 27.4 Å². The Morgan fingerprint density at radius 3 is 2.77 bits per heavy atom. The van der Waals surface area contributed by atoms with Gasteiger partial charge in [0.2, 0.25) is 5.91 Å². The molecule has 1 aliphatic carbocycles. The van der Waals surface area contributed by atoms with Gasteiger partial charge in [-0.1, -0.05) is 54.4 Å². The van der Waals surface area contributed by atoms with Crippen LogP contribution in [0, 0.1) is 0 Å². The van der Waals surface area contributed by atoms with E-state index in [9.17, 15) is 9.59 Å². The minimum absolute atomic E-state index is 0.00155. The van der Waals surface area contributed by atoms with Gasteiger partial charge in [0.15, 0.2) is 11.0 Å². The van der Waals surface area contributed by atoms with Crippen LogP contribution in [0.15, 0.2) is 42.1 Å². The molecule has 0 radical (unpaired) electrons. The molecule has 1 aromatic carbocycles. The number of rotatable bonds is 9. The minimum atomic E-state index is -0.400. The van der Waals surface area contributed by atoms with Crippen molar-refractivity contribution in [3.63, 3.8) is 0 Å². The summed E-state index contributed by atoms with van der Waals surface area (Å²) in [4.78, 5) is 24.8. The number of hydrogen-bond acceptors (Lipinski definition) is 5. The first-order valence-electron chi connectivity index (χ1n) is 10.0. The first kappa shape index (κ1) is 22.4. The molecular formula is C21H26ClN5O2S. The zero-order valence-electron chi connectivity index (χ0n) is 16.9. The molecule has 1 heterocycles. The van der Waals surface area contributed by atoms with Gasteiger partial charge in [0, 0.05) is 12.6 Å². The van der Waals surface area contributed by atoms with Crippen molar-refractivity contribution < 1.29 is 9.59 Å². The summed E-state index contributed by atoms with van der Waals surface area (Å²) >= 11 is 7.45. The van der Waals surface area contributed by atoms with Gasteiger partial charge in [0.05, 0.1) is 22.4 Å². The Morgan fingerprint density at radius 1 is 1.33 bits per heavy atom. The van der Waals surface area contributed by atoms with Crippen LogP contribution in [0.3, 0.4) is 0 Å². The summed E-state index contributed by atoms with van der Waals surface area (Å²) in [7, 11) is 0. The van der Waals surface area contributed by atoms with Gasteiger partial charge in [-0.15, -0.1) is 16.8 Å². The SMILES string of the molecule is C=CCn1c(SCC(=O)NC2CCCC2)nnc1[C@H](C)NC(=O)c1ccccc1Cl. The predicted octanol–water partition coefficient (Wildman–Crippen LogP) is 3.76. The van der Waals surface area contributed by atoms with Crippen LogP contribution in [0.4, 0.5) is 0 Å². The minimum Gasteiger partial charge on any atom is -0.353 e. The van der Waals surface area contributed by atoms with Gasteiger partial charge in [0.1, 0.15) is 0 Å². The second-order valence-electron chi connectivity index (χ2n) is 7.25. The standard InChI is InChI=1S/C21H26ClN5O2S/c1-3-12-27-19(14(2)23-20(29)16-10-6-7-11-17(16)22)25-26-21(27)30-13-18(28)24-15-8-4-5-9-15/h3,6-7,10-11,14-15H,1,4-5,8-9,12-13H2,2H3,(H,23,29)(H,24,28)/t14-/m0/s1. The van der Waals surface area contributed by atoms with Gasteiger partial charge < -0.3 is 15.2 Å². The molecule has 3 rings (SSSR count). The van der Waals surface area contributed by atoms with Crippen molar-refractivity contribution in [3.8, 4) is 0 Å². The van der Waals surface area contributed by atoms with Crippen LogP contribution in [-0.2, 0) is 11.3 Å². The summed E-state index contributed by atoms with van der Waals surface area (Å²) in [5, 5.41) is 15.5. The molecule has 2 amide bonds. The van der Waals surface area contributed by atoms with Gasteiger partial charge in [-0.05, 0) is 31.9 Å². The van der Waals surface area contributed by atoms with Crippen molar-refractivity contribution in [2.45, 2.75) is 56.4 Å². The Bertz CT molecular complexity index is 911. The Kier molecular flexibility index (Phi) is 7.93. The van der Waals surface area contributed by atoms with E-state index in [0.717, 1.165) is 12.8 Å². The molecular weight excluding hydrogens is 422 g/mol. The molecule has 7 nitrogen and oxygen atoms in total. The first-order valence-corrected chi connectivity index (χ1v) is 11.4. The van der Waals surface area contributed by atoms with E-state index in [-0.39, 0.29) is 17.6 Å². The molecule has 9 heteroatoms. The lowest BCUT2D eigenvalue weighted by atomic mass is 10.2. The van der Waals surface area contributed by atoms with E-state index < -0.39 is 6.04 Å². The summed E-state index contributed by atoms with van der Waals surface area (Å²) in [6.07, 6.45) is 6.18. The van der Waals surface area contributed by atoms with E-state index in [1.54, 1.807) is 30.3 Å². The lowest BCUT2D eigenvalue weighted by Gasteiger charge is -2.16. The van der Waals surface area contributed by atoms with E-state index in [0.29, 0.717) is 34.2 Å². The van der Waals surface area contributed by atoms with E-state index in [1.807, 2.05) is 11.5 Å². The Labute approximate surface area is 185 Å². The molecule has 1 aliphatic rings. The second-order valence-corrected chi connectivity index (χ2v) is 8.60. The van der Waals surface area contributed by atoms with Crippen molar-refractivity contribution in [2.24, 2.45) is 0 Å². The van der Waals surface area contributed by atoms with Crippen molar-refractivity contribution in [3.05, 3.63) is 53.3 Å². The number of nitrogens with zero attached hydrogens (tertiary/aromatic N) is 3. The number of hydrogen-bond donors (Lipinski definition) is 2. The second kappa shape index (κ2) is 10.6. The number of carbonyl (C=O) groups excluding carboxylic acids is 2. The van der Waals surface area contributed by atoms with Crippen LogP contribution in [-0.4, -0.2) is 38.4 Å². The van der Waals surface area contributed by atoms with Crippen LogP contribution < -0.4 is 10.6 Å². The average molecular weight is 448 g/mol. The third-order valence-electron chi connectivity index (χ3n) is 4.96. The molecule has 0 aliphatic heterocycles. The predicted molar refractivity (Wildman–Crippen MR) is 119 cm³/mol. The smallest absolute Gasteiger partial charge is 0.253 e. The first-order chi connectivity index (χ1) is 14.5. The molecule has 30 heavy (non-hydrogen) atoms. The average Bonchev–Trinajstić information content (AvgIpc) is 3.37. The number of aromatic nitrogens is 3. The fraction of sp³-hybridized carbons (Fsp3) is 0.429. The molecule has 0 bridgehead atoms. The van der Waals surface area contributed by atoms with Crippen molar-refractivity contribution in [1.29, 1.82) is 0 Å². The van der Waals surface area contributed by atoms with Crippen molar-refractivity contribution >= 4 is 35.2 Å². The summed E-state index contributed by atoms with van der Waals surface area (Å²) < 4.78 is 1.86. The molecule has 1 aromatic heterocycles. The lowest BCUT2D eigenvalue weighted by Crippen LogP contribution is -2.33. The van der Waals surface area contributed by atoms with Gasteiger partial charge in [0.25, 0.3) is 5.91 Å². The number of thioether (sulfide) groups is 1. The van der Waals surface area contributed by atoms with Crippen LogP contribution in [0.2, 0.25) is 5.02 Å². The van der Waals surface area contributed by atoms with Gasteiger partial charge in [-0.3, -0.25) is 9.59 Å². The van der Waals surface area contributed by atoms with E-state index >= 15 is 0 Å². The number of nitrogens with one attached hydrogen (secondary N) is 2. The number of amides is 2. The number of benzene rings is 1. The largest absolute Gasteiger partial charge is 0.353 e. The highest BCUT2D eigenvalue weighted by molar-refractivity contribution is 7.99. The van der Waals surface area contributed by atoms with E-state index in [1.165, 1.54) is 24.6 Å². The number of carbonyl (C=O) groups is 2. The van der Waals surface area contributed by atoms with Crippen LogP contribution in [0.1, 0.15) is 54.8 Å². The van der Waals surface area contributed by atoms with Crippen molar-refractivity contribution in [1.82, 2.24) is 25.4 Å². The molecule has 0 spiro atoms. The highest BCUT2D eigenvalue weighted by Crippen LogP contribution is 2.23. The molecule has 2 N–H and O–H groups in total. The summed E-state index contributed by atoms with van der Waals surface area (Å²) in [6, 6.07) is 6.77. The quantitative estimate of drug-likeness (QED) is 0.451. The number of halogens is 1. The maximum atomic E-state index is 12.6. The van der Waals surface area contributed by atoms with Gasteiger partial charge in [-0.2, -0.15) is 0 Å². The maximum Gasteiger partial charge on any atom is 0.253 e. The van der Waals surface area contributed by atoms with E-state index in [4.69, 9.17) is 11.6 Å². The summed E-state index contributed by atoms with van der Waals surface area (Å²) in [5.41, 5.74) is 0.402.